The number of hydrogen-bond acceptors (Lipinski definition) is 6. The van der Waals surface area contributed by atoms with Gasteiger partial charge in [0.1, 0.15) is 11.5 Å². The number of amides is 3. The van der Waals surface area contributed by atoms with Crippen LogP contribution in [0.5, 0.6) is 0 Å². The highest BCUT2D eigenvalue weighted by molar-refractivity contribution is 7.99. The van der Waals surface area contributed by atoms with Crippen LogP contribution < -0.4 is 15.4 Å². The van der Waals surface area contributed by atoms with E-state index in [1.807, 2.05) is 6.92 Å². The highest BCUT2D eigenvalue weighted by Gasteiger charge is 2.45. The van der Waals surface area contributed by atoms with Gasteiger partial charge in [-0.15, -0.1) is 0 Å². The van der Waals surface area contributed by atoms with Gasteiger partial charge in [0.15, 0.2) is 6.10 Å². The van der Waals surface area contributed by atoms with E-state index in [2.05, 4.69) is 15.4 Å². The zero-order valence-electron chi connectivity index (χ0n) is 21.9. The molecular formula is C28H32ClF2N3O5S. The first-order valence-electron chi connectivity index (χ1n) is 13.0. The molecule has 0 radical (unpaired) electrons. The Morgan fingerprint density at radius 3 is 2.60 bits per heavy atom. The number of unbranched alkanes of at least 4 members (excludes halogenated alkanes) is 1. The Balaban J connectivity index is 1.69. The van der Waals surface area contributed by atoms with E-state index >= 15 is 8.78 Å². The second-order valence-corrected chi connectivity index (χ2v) is 10.9. The van der Waals surface area contributed by atoms with Crippen molar-refractivity contribution in [2.75, 3.05) is 6.54 Å². The van der Waals surface area contributed by atoms with Crippen molar-refractivity contribution in [1.29, 1.82) is 0 Å². The third kappa shape index (κ3) is 8.66. The van der Waals surface area contributed by atoms with Crippen LogP contribution in [-0.4, -0.2) is 42.0 Å². The molecule has 1 saturated heterocycles. The molecule has 3 rings (SSSR count). The Morgan fingerprint density at radius 1 is 1.23 bits per heavy atom. The van der Waals surface area contributed by atoms with Crippen LogP contribution in [0.25, 0.3) is 0 Å². The molecular weight excluding hydrogens is 564 g/mol. The fraction of sp³-hybridized carbons (Fsp3) is 0.429. The molecule has 3 N–H and O–H groups in total. The van der Waals surface area contributed by atoms with Crippen molar-refractivity contribution in [1.82, 2.24) is 15.4 Å². The molecule has 1 unspecified atom stereocenters. The average Bonchev–Trinajstić information content (AvgIpc) is 3.35. The number of nitrogens with one attached hydrogen (secondary N) is 3. The van der Waals surface area contributed by atoms with Crippen molar-refractivity contribution in [3.05, 3.63) is 70.7 Å². The maximum Gasteiger partial charge on any atom is 0.418 e. The van der Waals surface area contributed by atoms with E-state index < -0.39 is 40.9 Å². The fourth-order valence-electron chi connectivity index (χ4n) is 4.31. The van der Waals surface area contributed by atoms with E-state index in [4.69, 9.17) is 16.3 Å². The molecule has 0 aliphatic carbocycles. The van der Waals surface area contributed by atoms with Gasteiger partial charge >= 0.3 is 12.0 Å². The van der Waals surface area contributed by atoms with Crippen LogP contribution in [0, 0.1) is 5.92 Å². The number of aldehydes is 1. The highest BCUT2D eigenvalue weighted by atomic mass is 35.5. The maximum absolute atomic E-state index is 15.6. The van der Waals surface area contributed by atoms with Gasteiger partial charge in [0.2, 0.25) is 11.8 Å². The van der Waals surface area contributed by atoms with Crippen LogP contribution in [0.1, 0.15) is 56.3 Å². The van der Waals surface area contributed by atoms with Gasteiger partial charge in [-0.25, -0.2) is 4.79 Å². The summed E-state index contributed by atoms with van der Waals surface area (Å²) in [5, 5.41) is 4.61. The average molecular weight is 596 g/mol. The molecule has 2 aromatic carbocycles. The summed E-state index contributed by atoms with van der Waals surface area (Å²) >= 11 is 6.65. The fourth-order valence-corrected chi connectivity index (χ4v) is 5.25. The van der Waals surface area contributed by atoms with Gasteiger partial charge in [-0.05, 0) is 48.9 Å². The minimum Gasteiger partial charge on any atom is -0.434 e. The number of carbonyl (C=O) groups is 4. The monoisotopic (exact) mass is 595 g/mol. The highest BCUT2D eigenvalue weighted by Crippen LogP contribution is 2.43. The van der Waals surface area contributed by atoms with Gasteiger partial charge in [-0.1, -0.05) is 73.8 Å². The first kappa shape index (κ1) is 31.3. The van der Waals surface area contributed by atoms with Gasteiger partial charge < -0.3 is 20.2 Å². The molecule has 2 aromatic rings. The predicted molar refractivity (Wildman–Crippen MR) is 149 cm³/mol. The number of carbonyl (C=O) groups excluding carboxylic acids is 4. The summed E-state index contributed by atoms with van der Waals surface area (Å²) < 4.78 is 38.8. The number of rotatable bonds is 14. The van der Waals surface area contributed by atoms with Crippen LogP contribution in [0.3, 0.4) is 0 Å². The summed E-state index contributed by atoms with van der Waals surface area (Å²) in [5.41, 5.74) is -0.358. The van der Waals surface area contributed by atoms with Gasteiger partial charge in [-0.3, -0.25) is 14.3 Å². The van der Waals surface area contributed by atoms with Crippen LogP contribution in [0.2, 0.25) is 5.02 Å². The molecule has 3 amide bonds. The first-order chi connectivity index (χ1) is 19.1. The quantitative estimate of drug-likeness (QED) is 0.201. The number of alkyl halides is 2. The second kappa shape index (κ2) is 15.0. The van der Waals surface area contributed by atoms with Crippen molar-refractivity contribution >= 4 is 47.7 Å². The van der Waals surface area contributed by atoms with Crippen LogP contribution in [0.4, 0.5) is 13.6 Å². The molecule has 1 aliphatic rings. The lowest BCUT2D eigenvalue weighted by Gasteiger charge is -2.28. The zero-order chi connectivity index (χ0) is 29.1. The van der Waals surface area contributed by atoms with Crippen molar-refractivity contribution in [2.45, 2.75) is 62.3 Å². The Bertz CT molecular complexity index is 1170. The number of halogens is 3. The molecule has 12 heteroatoms. The number of ether oxygens (including phenoxy) is 1. The molecule has 1 aliphatic heterocycles. The van der Waals surface area contributed by atoms with Crippen LogP contribution >= 0.6 is 23.5 Å². The van der Waals surface area contributed by atoms with E-state index in [1.165, 1.54) is 30.3 Å². The molecule has 1 heterocycles. The summed E-state index contributed by atoms with van der Waals surface area (Å²) in [5.74, 6) is -4.68. The van der Waals surface area contributed by atoms with E-state index in [-0.39, 0.29) is 28.8 Å². The van der Waals surface area contributed by atoms with E-state index in [0.717, 1.165) is 24.4 Å². The van der Waals surface area contributed by atoms with Crippen molar-refractivity contribution in [3.63, 3.8) is 0 Å². The minimum absolute atomic E-state index is 0.0673. The Hall–Kier alpha value is -3.18. The van der Waals surface area contributed by atoms with E-state index in [9.17, 15) is 19.2 Å². The van der Waals surface area contributed by atoms with E-state index in [0.29, 0.717) is 32.1 Å². The molecule has 0 spiro atoms. The van der Waals surface area contributed by atoms with Gasteiger partial charge in [0.05, 0.1) is 6.04 Å². The van der Waals surface area contributed by atoms with Crippen molar-refractivity contribution < 1.29 is 32.7 Å². The largest absolute Gasteiger partial charge is 0.434 e. The summed E-state index contributed by atoms with van der Waals surface area (Å²) in [6, 6.07) is 11.9. The minimum atomic E-state index is -3.63. The number of hydrogen-bond donors (Lipinski definition) is 3. The van der Waals surface area contributed by atoms with Crippen molar-refractivity contribution in [3.8, 4) is 0 Å². The standard InChI is InChI=1S/C28H32ClF2N3O5S/c1-2-3-12-23(26(37)33-22(17-35)15-19-13-14-32-25(19)36)40-34-27(38)39-24(18-8-5-4-6-9-18)28(30,31)20-10-7-11-21(29)16-20/h4-11,16-17,19,22-24H,2-3,12-15H2,1H3,(H,32,36)(H,33,37)(H,34,38)/t19-,22-,23-,24?/m0/s1. The summed E-state index contributed by atoms with van der Waals surface area (Å²) in [4.78, 5) is 49.2. The van der Waals surface area contributed by atoms with Gasteiger partial charge in [0.25, 0.3) is 0 Å². The smallest absolute Gasteiger partial charge is 0.418 e. The Morgan fingerprint density at radius 2 is 1.98 bits per heavy atom. The lowest BCUT2D eigenvalue weighted by molar-refractivity contribution is -0.126. The lowest BCUT2D eigenvalue weighted by Crippen LogP contribution is -2.43. The molecule has 40 heavy (non-hydrogen) atoms. The summed E-state index contributed by atoms with van der Waals surface area (Å²) in [6.07, 6.45) is -0.0773. The molecule has 8 nitrogen and oxygen atoms in total. The lowest BCUT2D eigenvalue weighted by atomic mass is 9.97. The topological polar surface area (TPSA) is 114 Å². The third-order valence-corrected chi connectivity index (χ3v) is 7.71. The normalized spacial score (nSPS) is 17.3. The molecule has 216 valence electrons. The van der Waals surface area contributed by atoms with Crippen molar-refractivity contribution in [2.24, 2.45) is 5.92 Å². The van der Waals surface area contributed by atoms with Gasteiger partial charge in [-0.2, -0.15) is 8.78 Å². The van der Waals surface area contributed by atoms with E-state index in [1.54, 1.807) is 18.2 Å². The molecule has 0 aromatic heterocycles. The second-order valence-electron chi connectivity index (χ2n) is 9.44. The molecule has 1 fully saturated rings. The third-order valence-electron chi connectivity index (χ3n) is 6.46. The zero-order valence-corrected chi connectivity index (χ0v) is 23.5. The van der Waals surface area contributed by atoms with Crippen LogP contribution in [0.15, 0.2) is 54.6 Å². The summed E-state index contributed by atoms with van der Waals surface area (Å²) in [7, 11) is 0. The molecule has 0 bridgehead atoms. The summed E-state index contributed by atoms with van der Waals surface area (Å²) in [6.45, 7) is 2.45. The first-order valence-corrected chi connectivity index (χ1v) is 14.3. The maximum atomic E-state index is 15.6. The van der Waals surface area contributed by atoms with Gasteiger partial charge in [0, 0.05) is 23.0 Å². The Kier molecular flexibility index (Phi) is 11.8. The Labute approximate surface area is 241 Å². The SMILES string of the molecule is CCCC[C@H](SNC(=O)OC(c1ccccc1)C(F)(F)c1cccc(Cl)c1)C(=O)N[C@H](C=O)C[C@@H]1CCNC1=O. The number of benzene rings is 2. The van der Waals surface area contributed by atoms with Crippen LogP contribution in [-0.2, 0) is 25.0 Å². The predicted octanol–water partition coefficient (Wildman–Crippen LogP) is 5.32. The molecule has 0 saturated carbocycles. The molecule has 4 atom stereocenters.